The molecule has 0 aliphatic carbocycles. The molecule has 1 fully saturated rings. The van der Waals surface area contributed by atoms with Gasteiger partial charge in [0.05, 0.1) is 27.7 Å². The van der Waals surface area contributed by atoms with Gasteiger partial charge >= 0.3 is 0 Å². The second kappa shape index (κ2) is 6.93. The molecule has 1 atom stereocenters. The number of amides is 1. The number of para-hydroxylation sites is 2. The van der Waals surface area contributed by atoms with Gasteiger partial charge in [0.2, 0.25) is 0 Å². The van der Waals surface area contributed by atoms with Gasteiger partial charge in [0, 0.05) is 38.8 Å². The molecule has 1 amide bonds. The smallest absolute Gasteiger partial charge is 0.254 e. The third-order valence-electron chi connectivity index (χ3n) is 6.22. The van der Waals surface area contributed by atoms with Crippen molar-refractivity contribution in [2.75, 3.05) is 13.1 Å². The van der Waals surface area contributed by atoms with Crippen LogP contribution in [-0.4, -0.2) is 48.2 Å². The zero-order chi connectivity index (χ0) is 21.0. The van der Waals surface area contributed by atoms with Gasteiger partial charge in [0.15, 0.2) is 5.65 Å². The van der Waals surface area contributed by atoms with Gasteiger partial charge in [-0.1, -0.05) is 12.1 Å². The van der Waals surface area contributed by atoms with Crippen LogP contribution < -0.4 is 0 Å². The maximum absolute atomic E-state index is 13.6. The number of aromatic nitrogens is 5. The average molecular weight is 403 g/mol. The fourth-order valence-electron chi connectivity index (χ4n) is 4.81. The molecule has 154 valence electrons. The Morgan fingerprint density at radius 2 is 1.93 bits per heavy atom. The fraction of sp³-hybridized carbons (Fsp3) is 0.391. The van der Waals surface area contributed by atoms with Gasteiger partial charge in [-0.2, -0.15) is 5.10 Å². The Hall–Kier alpha value is -3.22. The van der Waals surface area contributed by atoms with Crippen LogP contribution in [0.15, 0.2) is 30.3 Å². The lowest BCUT2D eigenvalue weighted by atomic mass is 9.96. The van der Waals surface area contributed by atoms with E-state index >= 15 is 0 Å². The minimum Gasteiger partial charge on any atom is -0.338 e. The molecule has 0 spiro atoms. The highest BCUT2D eigenvalue weighted by atomic mass is 16.2. The van der Waals surface area contributed by atoms with Gasteiger partial charge in [-0.25, -0.2) is 9.97 Å². The van der Waals surface area contributed by atoms with Crippen LogP contribution in [0, 0.1) is 13.8 Å². The summed E-state index contributed by atoms with van der Waals surface area (Å²) in [5.74, 6) is 1.35. The third kappa shape index (κ3) is 2.88. The number of benzene rings is 1. The van der Waals surface area contributed by atoms with Gasteiger partial charge in [0.1, 0.15) is 5.82 Å². The van der Waals surface area contributed by atoms with Crippen LogP contribution in [0.25, 0.3) is 22.1 Å². The van der Waals surface area contributed by atoms with Crippen LogP contribution in [0.1, 0.15) is 46.3 Å². The van der Waals surface area contributed by atoms with Gasteiger partial charge in [0.25, 0.3) is 5.91 Å². The van der Waals surface area contributed by atoms with Crippen molar-refractivity contribution >= 4 is 28.0 Å². The van der Waals surface area contributed by atoms with Gasteiger partial charge in [-0.15, -0.1) is 0 Å². The predicted molar refractivity (Wildman–Crippen MR) is 117 cm³/mol. The molecule has 1 aliphatic heterocycles. The summed E-state index contributed by atoms with van der Waals surface area (Å²) in [4.78, 5) is 25.1. The van der Waals surface area contributed by atoms with E-state index in [1.54, 1.807) is 4.68 Å². The molecule has 7 nitrogen and oxygen atoms in total. The SMILES string of the molecule is Cc1cc(C(=O)N2CCCC(c3nc4ccccc4n3C)C2)c2c(C)nn(C)c2n1. The molecule has 3 aromatic heterocycles. The number of fused-ring (bicyclic) bond motifs is 2. The summed E-state index contributed by atoms with van der Waals surface area (Å²) < 4.78 is 3.93. The highest BCUT2D eigenvalue weighted by Crippen LogP contribution is 2.30. The highest BCUT2D eigenvalue weighted by Gasteiger charge is 2.30. The Balaban J connectivity index is 1.50. The highest BCUT2D eigenvalue weighted by molar-refractivity contribution is 6.06. The molecular weight excluding hydrogens is 376 g/mol. The molecule has 0 saturated carbocycles. The molecular formula is C23H26N6O. The van der Waals surface area contributed by atoms with E-state index in [0.29, 0.717) is 12.1 Å². The van der Waals surface area contributed by atoms with E-state index in [1.165, 1.54) is 0 Å². The average Bonchev–Trinajstić information content (AvgIpc) is 3.23. The number of aryl methyl sites for hydroxylation is 4. The quantitative estimate of drug-likeness (QED) is 0.515. The van der Waals surface area contributed by atoms with Gasteiger partial charge in [-0.05, 0) is 44.9 Å². The summed E-state index contributed by atoms with van der Waals surface area (Å²) in [6, 6.07) is 10.1. The topological polar surface area (TPSA) is 68.8 Å². The van der Waals surface area contributed by atoms with Crippen LogP contribution in [-0.2, 0) is 14.1 Å². The molecule has 1 unspecified atom stereocenters. The number of hydrogen-bond acceptors (Lipinski definition) is 4. The molecule has 1 saturated heterocycles. The van der Waals surface area contributed by atoms with E-state index < -0.39 is 0 Å². The standard InChI is InChI=1S/C23H26N6O/c1-14-12-17(20-15(2)26-28(4)22(20)24-14)23(30)29-11-7-8-16(13-29)21-25-18-9-5-6-10-19(18)27(21)3/h5-6,9-10,12,16H,7-8,11,13H2,1-4H3. The largest absolute Gasteiger partial charge is 0.338 e. The molecule has 7 heteroatoms. The summed E-state index contributed by atoms with van der Waals surface area (Å²) in [7, 11) is 3.94. The Morgan fingerprint density at radius 1 is 1.13 bits per heavy atom. The van der Waals surface area contributed by atoms with Crippen molar-refractivity contribution in [3.63, 3.8) is 0 Å². The molecule has 1 aliphatic rings. The van der Waals surface area contributed by atoms with Crippen LogP contribution in [0.3, 0.4) is 0 Å². The second-order valence-electron chi connectivity index (χ2n) is 8.33. The first-order valence-electron chi connectivity index (χ1n) is 10.5. The van der Waals surface area contributed by atoms with Crippen molar-refractivity contribution in [3.05, 3.63) is 53.1 Å². The maximum Gasteiger partial charge on any atom is 0.254 e. The van der Waals surface area contributed by atoms with Crippen molar-refractivity contribution in [1.82, 2.24) is 29.2 Å². The number of hydrogen-bond donors (Lipinski definition) is 0. The number of rotatable bonds is 2. The Labute approximate surface area is 175 Å². The van der Waals surface area contributed by atoms with E-state index in [-0.39, 0.29) is 11.8 Å². The molecule has 5 rings (SSSR count). The summed E-state index contributed by atoms with van der Waals surface area (Å²) in [5, 5.41) is 5.35. The van der Waals surface area contributed by atoms with Gasteiger partial charge in [-0.3, -0.25) is 9.48 Å². The summed E-state index contributed by atoms with van der Waals surface area (Å²) in [6.45, 7) is 5.31. The normalized spacial score (nSPS) is 17.2. The Kier molecular flexibility index (Phi) is 4.34. The lowest BCUT2D eigenvalue weighted by molar-refractivity contribution is 0.0705. The summed E-state index contributed by atoms with van der Waals surface area (Å²) in [6.07, 6.45) is 2.01. The maximum atomic E-state index is 13.6. The first-order valence-corrected chi connectivity index (χ1v) is 10.5. The van der Waals surface area contributed by atoms with Crippen molar-refractivity contribution in [2.45, 2.75) is 32.6 Å². The molecule has 30 heavy (non-hydrogen) atoms. The monoisotopic (exact) mass is 402 g/mol. The molecule has 1 aromatic carbocycles. The summed E-state index contributed by atoms with van der Waals surface area (Å²) >= 11 is 0. The van der Waals surface area contributed by atoms with E-state index in [9.17, 15) is 4.79 Å². The zero-order valence-corrected chi connectivity index (χ0v) is 17.9. The second-order valence-corrected chi connectivity index (χ2v) is 8.33. The van der Waals surface area contributed by atoms with Crippen molar-refractivity contribution in [1.29, 1.82) is 0 Å². The predicted octanol–water partition coefficient (Wildman–Crippen LogP) is 3.49. The molecule has 0 N–H and O–H groups in total. The van der Waals surface area contributed by atoms with Crippen LogP contribution >= 0.6 is 0 Å². The number of carbonyl (C=O) groups is 1. The van der Waals surface area contributed by atoms with E-state index in [1.807, 2.05) is 50.1 Å². The third-order valence-corrected chi connectivity index (χ3v) is 6.22. The zero-order valence-electron chi connectivity index (χ0n) is 17.9. The Morgan fingerprint density at radius 3 is 2.73 bits per heavy atom. The van der Waals surface area contributed by atoms with E-state index in [4.69, 9.17) is 4.98 Å². The first-order chi connectivity index (χ1) is 14.4. The Bertz CT molecular complexity index is 1280. The van der Waals surface area contributed by atoms with E-state index in [2.05, 4.69) is 27.8 Å². The van der Waals surface area contributed by atoms with Crippen LogP contribution in [0.2, 0.25) is 0 Å². The van der Waals surface area contributed by atoms with Gasteiger partial charge < -0.3 is 9.47 Å². The molecule has 0 radical (unpaired) electrons. The van der Waals surface area contributed by atoms with Crippen LogP contribution in [0.4, 0.5) is 0 Å². The molecule has 4 heterocycles. The minimum absolute atomic E-state index is 0.0602. The van der Waals surface area contributed by atoms with Crippen molar-refractivity contribution in [3.8, 4) is 0 Å². The number of likely N-dealkylation sites (tertiary alicyclic amines) is 1. The number of piperidine rings is 1. The van der Waals surface area contributed by atoms with Crippen molar-refractivity contribution < 1.29 is 4.79 Å². The minimum atomic E-state index is 0.0602. The lowest BCUT2D eigenvalue weighted by Crippen LogP contribution is -2.39. The fourth-order valence-corrected chi connectivity index (χ4v) is 4.81. The number of carbonyl (C=O) groups excluding carboxylic acids is 1. The molecule has 4 aromatic rings. The lowest BCUT2D eigenvalue weighted by Gasteiger charge is -2.32. The number of nitrogens with zero attached hydrogens (tertiary/aromatic N) is 6. The number of pyridine rings is 1. The van der Waals surface area contributed by atoms with E-state index in [0.717, 1.165) is 58.7 Å². The molecule has 0 bridgehead atoms. The summed E-state index contributed by atoms with van der Waals surface area (Å²) in [5.41, 5.74) is 5.28. The van der Waals surface area contributed by atoms with Crippen molar-refractivity contribution in [2.24, 2.45) is 14.1 Å². The van der Waals surface area contributed by atoms with Crippen LogP contribution in [0.5, 0.6) is 0 Å². The first kappa shape index (κ1) is 18.8. The number of imidazole rings is 1.